The lowest BCUT2D eigenvalue weighted by Crippen LogP contribution is -2.41. The fourth-order valence-electron chi connectivity index (χ4n) is 1.80. The molecule has 120 valence electrons. The summed E-state index contributed by atoms with van der Waals surface area (Å²) in [7, 11) is 0. The van der Waals surface area contributed by atoms with E-state index < -0.39 is 0 Å². The van der Waals surface area contributed by atoms with E-state index in [0.717, 1.165) is 12.1 Å². The lowest BCUT2D eigenvalue weighted by atomic mass is 10.2. The highest BCUT2D eigenvalue weighted by Gasteiger charge is 2.08. The lowest BCUT2D eigenvalue weighted by molar-refractivity contribution is 0.0976. The molecule has 0 spiro atoms. The summed E-state index contributed by atoms with van der Waals surface area (Å²) in [5.74, 6) is 0.375. The van der Waals surface area contributed by atoms with E-state index in [9.17, 15) is 4.79 Å². The summed E-state index contributed by atoms with van der Waals surface area (Å²) < 4.78 is 5.52. The number of para-hydroxylation sites is 1. The fraction of sp³-hybridized carbons (Fsp3) is 0.176. The van der Waals surface area contributed by atoms with Crippen LogP contribution in [0.2, 0.25) is 0 Å². The standard InChI is InChI=1S/C17H19N3O2S/c1-2-11-22-15-10-6-7-13(12-15)16(21)18-17(23)20-19-14-8-4-3-5-9-14/h3-10,12,19H,2,11H2,1H3,(H2,18,20,21,23). The Morgan fingerprint density at radius 1 is 1.13 bits per heavy atom. The fourth-order valence-corrected chi connectivity index (χ4v) is 1.95. The summed E-state index contributed by atoms with van der Waals surface area (Å²) in [4.78, 5) is 12.2. The maximum atomic E-state index is 12.2. The Labute approximate surface area is 141 Å². The Morgan fingerprint density at radius 3 is 2.65 bits per heavy atom. The number of nitrogens with one attached hydrogen (secondary N) is 3. The predicted octanol–water partition coefficient (Wildman–Crippen LogP) is 3.11. The molecule has 0 heterocycles. The first kappa shape index (κ1) is 16.8. The molecule has 0 radical (unpaired) electrons. The van der Waals surface area contributed by atoms with Crippen molar-refractivity contribution in [3.63, 3.8) is 0 Å². The third kappa shape index (κ3) is 5.60. The first-order valence-corrected chi connectivity index (χ1v) is 7.75. The summed E-state index contributed by atoms with van der Waals surface area (Å²) in [6.45, 7) is 2.65. The van der Waals surface area contributed by atoms with Crippen LogP contribution < -0.4 is 20.9 Å². The van der Waals surface area contributed by atoms with Gasteiger partial charge < -0.3 is 4.74 Å². The molecule has 5 nitrogen and oxygen atoms in total. The summed E-state index contributed by atoms with van der Waals surface area (Å²) in [5, 5.41) is 2.81. The van der Waals surface area contributed by atoms with E-state index in [0.29, 0.717) is 17.9 Å². The van der Waals surface area contributed by atoms with E-state index in [-0.39, 0.29) is 11.0 Å². The molecule has 0 saturated heterocycles. The minimum Gasteiger partial charge on any atom is -0.494 e. The van der Waals surface area contributed by atoms with Crippen LogP contribution in [0.15, 0.2) is 54.6 Å². The minimum absolute atomic E-state index is 0.193. The van der Waals surface area contributed by atoms with Gasteiger partial charge in [-0.2, -0.15) is 0 Å². The monoisotopic (exact) mass is 329 g/mol. The highest BCUT2D eigenvalue weighted by molar-refractivity contribution is 7.80. The first-order chi connectivity index (χ1) is 11.2. The van der Waals surface area contributed by atoms with Crippen molar-refractivity contribution in [3.8, 4) is 5.75 Å². The molecule has 0 aliphatic rings. The van der Waals surface area contributed by atoms with E-state index in [2.05, 4.69) is 16.2 Å². The predicted molar refractivity (Wildman–Crippen MR) is 95.5 cm³/mol. The highest BCUT2D eigenvalue weighted by Crippen LogP contribution is 2.13. The molecule has 1 amide bonds. The van der Waals surface area contributed by atoms with Gasteiger partial charge in [0, 0.05) is 5.56 Å². The Hall–Kier alpha value is -2.60. The van der Waals surface area contributed by atoms with E-state index >= 15 is 0 Å². The van der Waals surface area contributed by atoms with Gasteiger partial charge in [-0.1, -0.05) is 31.2 Å². The second kappa shape index (κ2) is 8.75. The topological polar surface area (TPSA) is 62.4 Å². The van der Waals surface area contributed by atoms with Gasteiger partial charge in [-0.05, 0) is 49.0 Å². The van der Waals surface area contributed by atoms with Crippen LogP contribution >= 0.6 is 12.2 Å². The third-order valence-corrected chi connectivity index (χ3v) is 3.09. The smallest absolute Gasteiger partial charge is 0.257 e. The van der Waals surface area contributed by atoms with E-state index in [4.69, 9.17) is 17.0 Å². The zero-order valence-corrected chi connectivity index (χ0v) is 13.7. The molecule has 3 N–H and O–H groups in total. The Balaban J connectivity index is 1.87. The van der Waals surface area contributed by atoms with Crippen molar-refractivity contribution in [2.45, 2.75) is 13.3 Å². The molecule has 23 heavy (non-hydrogen) atoms. The number of ether oxygens (including phenoxy) is 1. The number of benzene rings is 2. The van der Waals surface area contributed by atoms with Crippen LogP contribution in [0.4, 0.5) is 5.69 Å². The SMILES string of the molecule is CCCOc1cccc(C(=O)NC(=S)NNc2ccccc2)c1. The van der Waals surface area contributed by atoms with Crippen molar-refractivity contribution in [2.75, 3.05) is 12.0 Å². The Kier molecular flexibility index (Phi) is 6.38. The molecular weight excluding hydrogens is 310 g/mol. The van der Waals surface area contributed by atoms with Gasteiger partial charge in [-0.15, -0.1) is 0 Å². The number of carbonyl (C=O) groups is 1. The van der Waals surface area contributed by atoms with Crippen molar-refractivity contribution in [3.05, 3.63) is 60.2 Å². The van der Waals surface area contributed by atoms with Crippen LogP contribution in [-0.2, 0) is 0 Å². The molecule has 0 saturated carbocycles. The molecule has 0 atom stereocenters. The number of hydrogen-bond donors (Lipinski definition) is 3. The Morgan fingerprint density at radius 2 is 1.91 bits per heavy atom. The van der Waals surface area contributed by atoms with Crippen molar-refractivity contribution in [2.24, 2.45) is 0 Å². The highest BCUT2D eigenvalue weighted by atomic mass is 32.1. The molecular formula is C17H19N3O2S. The summed E-state index contributed by atoms with van der Waals surface area (Å²) in [6.07, 6.45) is 0.912. The molecule has 0 unspecified atom stereocenters. The van der Waals surface area contributed by atoms with Crippen LogP contribution in [0.5, 0.6) is 5.75 Å². The molecule has 0 aliphatic heterocycles. The van der Waals surface area contributed by atoms with E-state index in [1.807, 2.05) is 43.3 Å². The number of hydrazine groups is 1. The van der Waals surface area contributed by atoms with Crippen LogP contribution in [0, 0.1) is 0 Å². The Bertz CT molecular complexity index is 662. The van der Waals surface area contributed by atoms with E-state index in [1.54, 1.807) is 18.2 Å². The summed E-state index contributed by atoms with van der Waals surface area (Å²) in [5.41, 5.74) is 7.01. The minimum atomic E-state index is -0.292. The normalized spacial score (nSPS) is 9.78. The number of rotatable bonds is 6. The second-order valence-corrected chi connectivity index (χ2v) is 5.18. The van der Waals surface area contributed by atoms with Crippen LogP contribution in [0.25, 0.3) is 0 Å². The largest absolute Gasteiger partial charge is 0.494 e. The van der Waals surface area contributed by atoms with Gasteiger partial charge in [0.05, 0.1) is 12.3 Å². The molecule has 0 bridgehead atoms. The lowest BCUT2D eigenvalue weighted by Gasteiger charge is -2.12. The molecule has 6 heteroatoms. The van der Waals surface area contributed by atoms with E-state index in [1.165, 1.54) is 0 Å². The molecule has 2 aromatic rings. The molecule has 0 aromatic heterocycles. The van der Waals surface area contributed by atoms with Crippen LogP contribution in [0.1, 0.15) is 23.7 Å². The average molecular weight is 329 g/mol. The van der Waals surface area contributed by atoms with Gasteiger partial charge in [0.25, 0.3) is 5.91 Å². The van der Waals surface area contributed by atoms with Crippen LogP contribution in [-0.4, -0.2) is 17.6 Å². The number of thiocarbonyl (C=S) groups is 1. The van der Waals surface area contributed by atoms with Gasteiger partial charge in [0.1, 0.15) is 5.75 Å². The maximum absolute atomic E-state index is 12.2. The van der Waals surface area contributed by atoms with Gasteiger partial charge >= 0.3 is 0 Å². The van der Waals surface area contributed by atoms with Crippen molar-refractivity contribution in [1.29, 1.82) is 0 Å². The second-order valence-electron chi connectivity index (χ2n) is 4.78. The number of carbonyl (C=O) groups excluding carboxylic acids is 1. The number of hydrogen-bond acceptors (Lipinski definition) is 4. The summed E-state index contributed by atoms with van der Waals surface area (Å²) >= 11 is 5.10. The van der Waals surface area contributed by atoms with Crippen molar-refractivity contribution < 1.29 is 9.53 Å². The molecule has 0 fully saturated rings. The number of amides is 1. The molecule has 2 rings (SSSR count). The van der Waals surface area contributed by atoms with Gasteiger partial charge in [0.2, 0.25) is 0 Å². The quantitative estimate of drug-likeness (QED) is 0.561. The maximum Gasteiger partial charge on any atom is 0.257 e. The first-order valence-electron chi connectivity index (χ1n) is 7.34. The van der Waals surface area contributed by atoms with Gasteiger partial charge in [-0.3, -0.25) is 21.0 Å². The molecule has 0 aliphatic carbocycles. The zero-order valence-electron chi connectivity index (χ0n) is 12.8. The van der Waals surface area contributed by atoms with Gasteiger partial charge in [-0.25, -0.2) is 0 Å². The molecule has 2 aromatic carbocycles. The summed E-state index contributed by atoms with van der Waals surface area (Å²) in [6, 6.07) is 16.5. The average Bonchev–Trinajstić information content (AvgIpc) is 2.59. The zero-order chi connectivity index (χ0) is 16.5. The number of anilines is 1. The van der Waals surface area contributed by atoms with Gasteiger partial charge in [0.15, 0.2) is 5.11 Å². The van der Waals surface area contributed by atoms with Crippen molar-refractivity contribution in [1.82, 2.24) is 10.7 Å². The van der Waals surface area contributed by atoms with Crippen molar-refractivity contribution >= 4 is 28.9 Å². The third-order valence-electron chi connectivity index (χ3n) is 2.89. The van der Waals surface area contributed by atoms with Crippen LogP contribution in [0.3, 0.4) is 0 Å².